The summed E-state index contributed by atoms with van der Waals surface area (Å²) in [5.41, 5.74) is 6.85. The van der Waals surface area contributed by atoms with E-state index in [2.05, 4.69) is 0 Å². The molecule has 21 unspecified atom stereocenters. The molecular weight excluding hydrogens is 299 g/mol. The van der Waals surface area contributed by atoms with Crippen LogP contribution in [0.25, 0.3) is 0 Å². The molecule has 21 atom stereocenters. The SMILES string of the molecule is [B]C12CC3C4C5C6C7C8CC9CC%10C%11C%12C%13%14C1C1C%13C4(C312)C5%14C6%12C7%11C98%10. The first-order valence-corrected chi connectivity index (χ1v) is 12.1. The van der Waals surface area contributed by atoms with Crippen molar-refractivity contribution in [2.24, 2.45) is 115 Å². The molecule has 2 radical (unpaired) electrons. The van der Waals surface area contributed by atoms with Crippen LogP contribution in [0.15, 0.2) is 0 Å². The lowest BCUT2D eigenvalue weighted by Crippen LogP contribution is -3.36. The maximum absolute atomic E-state index is 7.28. The van der Waals surface area contributed by atoms with Gasteiger partial charge in [-0.25, -0.2) is 0 Å². The van der Waals surface area contributed by atoms with Gasteiger partial charge >= 0.3 is 0 Å². The van der Waals surface area contributed by atoms with Crippen LogP contribution >= 0.6 is 0 Å². The summed E-state index contributed by atoms with van der Waals surface area (Å²) < 4.78 is 0. The van der Waals surface area contributed by atoms with Gasteiger partial charge in [0.15, 0.2) is 0 Å². The van der Waals surface area contributed by atoms with E-state index in [1.165, 1.54) is 77.4 Å². The van der Waals surface area contributed by atoms with Gasteiger partial charge in [0.05, 0.1) is 7.85 Å². The van der Waals surface area contributed by atoms with Crippen molar-refractivity contribution in [2.45, 2.75) is 24.6 Å². The summed E-state index contributed by atoms with van der Waals surface area (Å²) in [6.45, 7) is 0. The van der Waals surface area contributed by atoms with Crippen LogP contribution in [0.4, 0.5) is 0 Å². The molecule has 15 saturated carbocycles. The van der Waals surface area contributed by atoms with E-state index in [-0.39, 0.29) is 0 Å². The van der Waals surface area contributed by atoms with Crippen LogP contribution in [0.3, 0.4) is 0 Å². The molecule has 15 aliphatic rings. The Hall–Kier alpha value is 0.0649. The van der Waals surface area contributed by atoms with Crippen LogP contribution in [0.1, 0.15) is 19.3 Å². The Morgan fingerprint density at radius 3 is 2.20 bits per heavy atom. The highest BCUT2D eigenvalue weighted by Crippen LogP contribution is 3.40. The van der Waals surface area contributed by atoms with Crippen LogP contribution in [0, 0.1) is 115 Å². The predicted octanol–water partition coefficient (Wildman–Crippen LogP) is 2.60. The molecule has 0 aromatic heterocycles. The topological polar surface area (TPSA) is 0 Å². The quantitative estimate of drug-likeness (QED) is 0.602. The van der Waals surface area contributed by atoms with E-state index in [9.17, 15) is 0 Å². The second kappa shape index (κ2) is 1.58. The Morgan fingerprint density at radius 1 is 0.600 bits per heavy atom. The number of hydrogen-bond acceptors (Lipinski definition) is 0. The minimum atomic E-state index is 0.421. The van der Waals surface area contributed by atoms with Gasteiger partial charge in [0.1, 0.15) is 0 Å². The minimum Gasteiger partial charge on any atom is -0.0555 e. The van der Waals surface area contributed by atoms with E-state index < -0.39 is 0 Å². The van der Waals surface area contributed by atoms with Gasteiger partial charge in [0, 0.05) is 0 Å². The second-order valence-corrected chi connectivity index (χ2v) is 15.0. The zero-order chi connectivity index (χ0) is 14.6. The zero-order valence-electron chi connectivity index (χ0n) is 14.2. The Kier molecular flexibility index (Phi) is 0.600. The third-order valence-electron chi connectivity index (χ3n) is 18.7. The highest BCUT2D eigenvalue weighted by atomic mass is 15.4. The van der Waals surface area contributed by atoms with Gasteiger partial charge in [0.2, 0.25) is 0 Å². The smallest absolute Gasteiger partial charge is 0.0555 e. The van der Waals surface area contributed by atoms with Gasteiger partial charge in [-0.3, -0.25) is 0 Å². The highest BCUT2D eigenvalue weighted by Gasteiger charge is 3.37. The Labute approximate surface area is 147 Å². The van der Waals surface area contributed by atoms with Crippen molar-refractivity contribution in [1.82, 2.24) is 0 Å². The molecule has 0 saturated heterocycles. The lowest BCUT2D eigenvalue weighted by atomic mass is 8.64. The molecule has 118 valence electrons. The largest absolute Gasteiger partial charge is 0.0758 e. The fourth-order valence-corrected chi connectivity index (χ4v) is 21.8. The summed E-state index contributed by atoms with van der Waals surface area (Å²) in [6, 6.07) is 0. The van der Waals surface area contributed by atoms with Crippen molar-refractivity contribution in [3.05, 3.63) is 0 Å². The van der Waals surface area contributed by atoms with Crippen LogP contribution in [-0.4, -0.2) is 7.85 Å². The van der Waals surface area contributed by atoms with E-state index in [0.29, 0.717) is 5.31 Å². The molecule has 0 aliphatic heterocycles. The molecule has 15 rings (SSSR count). The highest BCUT2D eigenvalue weighted by molar-refractivity contribution is 6.20. The molecule has 0 amide bonds. The lowest BCUT2D eigenvalue weighted by molar-refractivity contribution is -0.925. The molecule has 25 heavy (non-hydrogen) atoms. The van der Waals surface area contributed by atoms with Gasteiger partial charge in [-0.15, -0.1) is 0 Å². The lowest BCUT2D eigenvalue weighted by Gasteiger charge is -3.39. The van der Waals surface area contributed by atoms with E-state index >= 15 is 0 Å². The minimum absolute atomic E-state index is 0.421. The zero-order valence-corrected chi connectivity index (χ0v) is 14.2. The molecule has 7 spiro atoms. The van der Waals surface area contributed by atoms with Gasteiger partial charge in [-0.1, -0.05) is 11.7 Å². The molecule has 15 aliphatic carbocycles. The summed E-state index contributed by atoms with van der Waals surface area (Å²) in [4.78, 5) is 0. The standard InChI is InChI=1S/C24H19B/c25-17-3-7-9-12-11-8-5-1-4-2-6-10-15-19-14(17)13-16(19)22(9,20(7,13)17)24(12,19)23(11,15)21(8,10)18(4,5)6/h4-16H,1-3H2. The van der Waals surface area contributed by atoms with Crippen LogP contribution < -0.4 is 0 Å². The predicted molar refractivity (Wildman–Crippen MR) is 84.7 cm³/mol. The first-order valence-electron chi connectivity index (χ1n) is 12.1. The Bertz CT molecular complexity index is 1160. The van der Waals surface area contributed by atoms with Gasteiger partial charge in [-0.2, -0.15) is 0 Å². The molecule has 0 N–H and O–H groups in total. The molecule has 0 aromatic rings. The average Bonchev–Trinajstić information content (AvgIpc) is 2.47. The number of hydrogen-bond donors (Lipinski definition) is 0. The molecular formula is C24H19B. The van der Waals surface area contributed by atoms with Crippen LogP contribution in [0.5, 0.6) is 0 Å². The van der Waals surface area contributed by atoms with Gasteiger partial charge in [0.25, 0.3) is 0 Å². The van der Waals surface area contributed by atoms with Gasteiger partial charge < -0.3 is 0 Å². The fourth-order valence-electron chi connectivity index (χ4n) is 21.8. The van der Waals surface area contributed by atoms with Crippen molar-refractivity contribution in [1.29, 1.82) is 0 Å². The van der Waals surface area contributed by atoms with Crippen molar-refractivity contribution in [2.75, 3.05) is 0 Å². The first kappa shape index (κ1) is 9.51. The normalized spacial score (nSPS) is 121. The van der Waals surface area contributed by atoms with Crippen LogP contribution in [-0.2, 0) is 0 Å². The molecule has 0 heterocycles. The van der Waals surface area contributed by atoms with Crippen molar-refractivity contribution < 1.29 is 0 Å². The van der Waals surface area contributed by atoms with E-state index in [1.54, 1.807) is 12.8 Å². The Morgan fingerprint density at radius 2 is 1.36 bits per heavy atom. The summed E-state index contributed by atoms with van der Waals surface area (Å²) >= 11 is 0. The van der Waals surface area contributed by atoms with Crippen molar-refractivity contribution in [3.63, 3.8) is 0 Å². The first-order chi connectivity index (χ1) is 12.3. The summed E-state index contributed by atoms with van der Waals surface area (Å²) in [7, 11) is 7.28. The van der Waals surface area contributed by atoms with Gasteiger partial charge in [-0.05, 0) is 128 Å². The molecule has 15 fully saturated rings. The van der Waals surface area contributed by atoms with E-state index in [4.69, 9.17) is 7.85 Å². The number of fused-ring (bicyclic) bond motifs is 8. The molecule has 0 bridgehead atoms. The Balaban J connectivity index is 1.16. The molecule has 1 heteroatoms. The monoisotopic (exact) mass is 318 g/mol. The molecule has 0 aromatic carbocycles. The number of rotatable bonds is 0. The maximum atomic E-state index is 7.28. The summed E-state index contributed by atoms with van der Waals surface area (Å²) in [5.74, 6) is 16.4. The third-order valence-corrected chi connectivity index (χ3v) is 18.7. The van der Waals surface area contributed by atoms with Crippen LogP contribution in [0.2, 0.25) is 5.31 Å². The second-order valence-electron chi connectivity index (χ2n) is 15.0. The third kappa shape index (κ3) is 0.271. The fraction of sp³-hybridized carbons (Fsp3) is 1.00. The maximum Gasteiger partial charge on any atom is 0.0758 e. The average molecular weight is 318 g/mol. The summed E-state index contributed by atoms with van der Waals surface area (Å²) in [5, 5.41) is 0.421. The summed E-state index contributed by atoms with van der Waals surface area (Å²) in [6.07, 6.45) is 4.92. The van der Waals surface area contributed by atoms with E-state index in [1.807, 2.05) is 0 Å². The van der Waals surface area contributed by atoms with E-state index in [0.717, 1.165) is 43.8 Å². The van der Waals surface area contributed by atoms with Crippen molar-refractivity contribution in [3.8, 4) is 0 Å². The van der Waals surface area contributed by atoms with Crippen molar-refractivity contribution >= 4 is 7.85 Å². The molecule has 0 nitrogen and oxygen atoms in total.